The van der Waals surface area contributed by atoms with Gasteiger partial charge in [-0.15, -0.1) is 0 Å². The highest BCUT2D eigenvalue weighted by Gasteiger charge is 2.03. The Labute approximate surface area is 101 Å². The molecular weight excluding hydrogens is 228 g/mol. The number of carbonyl (C=O) groups excluding carboxylic acids is 2. The number of carbonyl (C=O) groups is 2. The second-order valence-corrected chi connectivity index (χ2v) is 3.73. The van der Waals surface area contributed by atoms with Gasteiger partial charge in [0.15, 0.2) is 0 Å². The molecule has 0 aliphatic rings. The van der Waals surface area contributed by atoms with Gasteiger partial charge in [-0.1, -0.05) is 45.4 Å². The maximum Gasteiger partial charge on any atom is 0.345 e. The molecule has 0 amide bonds. The molecule has 0 aliphatic carbocycles. The zero-order chi connectivity index (χ0) is 12.9. The fourth-order valence-corrected chi connectivity index (χ4v) is 1.35. The lowest BCUT2D eigenvalue weighted by molar-refractivity contribution is -0.485. The third-order valence-corrected chi connectivity index (χ3v) is 2.21. The van der Waals surface area contributed by atoms with Gasteiger partial charge in [0.2, 0.25) is 0 Å². The molecule has 17 heavy (non-hydrogen) atoms. The molecule has 0 saturated carbocycles. The van der Waals surface area contributed by atoms with Crippen LogP contribution in [0.5, 0.6) is 0 Å². The van der Waals surface area contributed by atoms with Crippen molar-refractivity contribution in [1.82, 2.24) is 0 Å². The first kappa shape index (κ1) is 15.7. The van der Waals surface area contributed by atoms with Gasteiger partial charge >= 0.3 is 5.97 Å². The van der Waals surface area contributed by atoms with Crippen molar-refractivity contribution < 1.29 is 29.5 Å². The van der Waals surface area contributed by atoms with Crippen LogP contribution in [0.1, 0.15) is 58.3 Å². The van der Waals surface area contributed by atoms with Crippen molar-refractivity contribution in [2.24, 2.45) is 0 Å². The highest BCUT2D eigenvalue weighted by atomic mass is 17.5. The molecule has 0 aromatic carbocycles. The fraction of sp³-hybridized carbons (Fsp3) is 0.818. The van der Waals surface area contributed by atoms with Crippen LogP contribution in [0.15, 0.2) is 0 Å². The second kappa shape index (κ2) is 11.2. The molecular formula is C11H19O6-. The Balaban J connectivity index is 3.19. The van der Waals surface area contributed by atoms with Gasteiger partial charge in [-0.2, -0.15) is 0 Å². The van der Waals surface area contributed by atoms with Gasteiger partial charge in [0.25, 0.3) is 6.16 Å². The lowest BCUT2D eigenvalue weighted by Gasteiger charge is -2.05. The van der Waals surface area contributed by atoms with E-state index in [1.54, 1.807) is 0 Å². The average molecular weight is 247 g/mol. The van der Waals surface area contributed by atoms with E-state index >= 15 is 0 Å². The Morgan fingerprint density at radius 1 is 0.941 bits per heavy atom. The molecule has 0 radical (unpaired) electrons. The van der Waals surface area contributed by atoms with Gasteiger partial charge in [0.05, 0.1) is 0 Å². The topological polar surface area (TPSA) is 84.9 Å². The summed E-state index contributed by atoms with van der Waals surface area (Å²) in [5.41, 5.74) is 0. The van der Waals surface area contributed by atoms with Crippen LogP contribution in [0.3, 0.4) is 0 Å². The minimum atomic E-state index is -1.91. The zero-order valence-electron chi connectivity index (χ0n) is 10.1. The molecule has 0 atom stereocenters. The van der Waals surface area contributed by atoms with Crippen molar-refractivity contribution in [3.05, 3.63) is 0 Å². The van der Waals surface area contributed by atoms with Crippen LogP contribution in [0.2, 0.25) is 0 Å². The normalized spacial score (nSPS) is 9.94. The summed E-state index contributed by atoms with van der Waals surface area (Å²) in [7, 11) is 0. The first-order chi connectivity index (χ1) is 8.16. The molecule has 0 aromatic heterocycles. The number of unbranched alkanes of at least 4 members (excludes halogenated alkanes) is 6. The first-order valence-electron chi connectivity index (χ1n) is 5.91. The summed E-state index contributed by atoms with van der Waals surface area (Å²) in [6.45, 7) is 2.16. The highest BCUT2D eigenvalue weighted by molar-refractivity contribution is 5.68. The van der Waals surface area contributed by atoms with Crippen molar-refractivity contribution in [3.8, 4) is 0 Å². The largest absolute Gasteiger partial charge is 0.424 e. The number of hydrogen-bond acceptors (Lipinski definition) is 6. The van der Waals surface area contributed by atoms with Crippen molar-refractivity contribution in [2.45, 2.75) is 58.3 Å². The summed E-state index contributed by atoms with van der Waals surface area (Å²) >= 11 is 0. The van der Waals surface area contributed by atoms with E-state index in [0.29, 0.717) is 6.42 Å². The number of carboxylic acid groups (broad SMARTS) is 1. The molecule has 100 valence electrons. The van der Waals surface area contributed by atoms with Gasteiger partial charge < -0.3 is 14.8 Å². The zero-order valence-corrected chi connectivity index (χ0v) is 10.1. The lowest BCUT2D eigenvalue weighted by Crippen LogP contribution is -2.24. The molecule has 0 heterocycles. The quantitative estimate of drug-likeness (QED) is 0.333. The van der Waals surface area contributed by atoms with E-state index in [0.717, 1.165) is 12.8 Å². The van der Waals surface area contributed by atoms with Crippen LogP contribution in [-0.4, -0.2) is 12.1 Å². The lowest BCUT2D eigenvalue weighted by atomic mass is 10.1. The fourth-order valence-electron chi connectivity index (χ4n) is 1.35. The summed E-state index contributed by atoms with van der Waals surface area (Å²) in [6, 6.07) is 0. The van der Waals surface area contributed by atoms with E-state index in [4.69, 9.17) is 0 Å². The highest BCUT2D eigenvalue weighted by Crippen LogP contribution is 2.08. The van der Waals surface area contributed by atoms with Crippen LogP contribution < -0.4 is 5.11 Å². The summed E-state index contributed by atoms with van der Waals surface area (Å²) in [4.78, 5) is 28.1. The maximum absolute atomic E-state index is 10.9. The smallest absolute Gasteiger partial charge is 0.345 e. The van der Waals surface area contributed by atoms with Gasteiger partial charge in [0.1, 0.15) is 0 Å². The Morgan fingerprint density at radius 2 is 1.53 bits per heavy atom. The molecule has 0 unspecified atom stereocenters. The van der Waals surface area contributed by atoms with Gasteiger partial charge in [-0.05, 0) is 11.5 Å². The molecule has 0 spiro atoms. The standard InChI is InChI=1S/C11H20O6/c1-2-3-4-5-6-7-8-9-10(12)15-17-16-11(13)14/h2-9H2,1H3,(H,13,14)/p-1. The van der Waals surface area contributed by atoms with Crippen molar-refractivity contribution in [3.63, 3.8) is 0 Å². The minimum Gasteiger partial charge on any atom is -0.424 e. The molecule has 0 aliphatic heterocycles. The third-order valence-electron chi connectivity index (χ3n) is 2.21. The Hall–Kier alpha value is -1.30. The summed E-state index contributed by atoms with van der Waals surface area (Å²) in [6.07, 6.45) is 5.86. The molecule has 0 bridgehead atoms. The van der Waals surface area contributed by atoms with E-state index in [-0.39, 0.29) is 6.42 Å². The summed E-state index contributed by atoms with van der Waals surface area (Å²) < 4.78 is 0. The van der Waals surface area contributed by atoms with E-state index in [2.05, 4.69) is 21.7 Å². The van der Waals surface area contributed by atoms with Gasteiger partial charge in [-0.3, -0.25) is 4.89 Å². The third kappa shape index (κ3) is 12.6. The number of rotatable bonds is 10. The Morgan fingerprint density at radius 3 is 2.12 bits per heavy atom. The van der Waals surface area contributed by atoms with E-state index < -0.39 is 12.1 Å². The molecule has 6 nitrogen and oxygen atoms in total. The SMILES string of the molecule is CCCCCCCCCC(=O)OOOC(=O)[O-]. The van der Waals surface area contributed by atoms with Crippen LogP contribution >= 0.6 is 0 Å². The molecule has 0 rings (SSSR count). The van der Waals surface area contributed by atoms with E-state index in [1.807, 2.05) is 0 Å². The van der Waals surface area contributed by atoms with Crippen molar-refractivity contribution in [1.29, 1.82) is 0 Å². The minimum absolute atomic E-state index is 0.185. The second-order valence-electron chi connectivity index (χ2n) is 3.73. The molecule has 0 aromatic rings. The van der Waals surface area contributed by atoms with Gasteiger partial charge in [0, 0.05) is 6.42 Å². The predicted octanol–water partition coefficient (Wildman–Crippen LogP) is 1.88. The van der Waals surface area contributed by atoms with Crippen LogP contribution in [0, 0.1) is 0 Å². The van der Waals surface area contributed by atoms with Crippen molar-refractivity contribution in [2.75, 3.05) is 0 Å². The summed E-state index contributed by atoms with van der Waals surface area (Å²) in [5, 5.41) is 13.4. The van der Waals surface area contributed by atoms with Crippen LogP contribution in [-0.2, 0) is 19.6 Å². The molecule has 6 heteroatoms. The Kier molecular flexibility index (Phi) is 10.3. The summed E-state index contributed by atoms with van der Waals surface area (Å²) in [5.74, 6) is -0.653. The first-order valence-corrected chi connectivity index (χ1v) is 5.91. The maximum atomic E-state index is 10.9. The Bertz CT molecular complexity index is 216. The van der Waals surface area contributed by atoms with Gasteiger partial charge in [-0.25, -0.2) is 4.79 Å². The van der Waals surface area contributed by atoms with E-state index in [9.17, 15) is 14.7 Å². The van der Waals surface area contributed by atoms with Crippen LogP contribution in [0.25, 0.3) is 0 Å². The van der Waals surface area contributed by atoms with E-state index in [1.165, 1.54) is 25.7 Å². The molecule has 0 fully saturated rings. The monoisotopic (exact) mass is 247 g/mol. The average Bonchev–Trinajstić information content (AvgIpc) is 2.27. The molecule has 0 N–H and O–H groups in total. The number of hydrogen-bond donors (Lipinski definition) is 0. The van der Waals surface area contributed by atoms with Crippen molar-refractivity contribution >= 4 is 12.1 Å². The predicted molar refractivity (Wildman–Crippen MR) is 56.3 cm³/mol. The molecule has 0 saturated heterocycles. The van der Waals surface area contributed by atoms with Crippen LogP contribution in [0.4, 0.5) is 4.79 Å².